The third kappa shape index (κ3) is 2.96. The Balaban J connectivity index is 1.95. The molecule has 3 rings (SSSR count). The zero-order chi connectivity index (χ0) is 14.7. The van der Waals surface area contributed by atoms with Gasteiger partial charge in [-0.25, -0.2) is 0 Å². The molecule has 21 heavy (non-hydrogen) atoms. The van der Waals surface area contributed by atoms with Crippen LogP contribution in [0, 0.1) is 0 Å². The summed E-state index contributed by atoms with van der Waals surface area (Å²) in [6.07, 6.45) is 6.92. The van der Waals surface area contributed by atoms with Crippen LogP contribution in [0.3, 0.4) is 0 Å². The number of nitrogens with zero attached hydrogens (tertiary/aromatic N) is 2. The summed E-state index contributed by atoms with van der Waals surface area (Å²) in [5.74, 6) is -0.754. The van der Waals surface area contributed by atoms with Crippen molar-refractivity contribution >= 4 is 22.6 Å². The number of fused-ring (bicyclic) bond motifs is 1. The van der Waals surface area contributed by atoms with Crippen molar-refractivity contribution in [2.45, 2.75) is 44.1 Å². The van der Waals surface area contributed by atoms with Gasteiger partial charge in [0.05, 0.1) is 23.8 Å². The molecule has 1 saturated carbocycles. The van der Waals surface area contributed by atoms with E-state index in [-0.39, 0.29) is 12.0 Å². The highest BCUT2D eigenvalue weighted by molar-refractivity contribution is 5.90. The maximum atomic E-state index is 11.3. The first-order chi connectivity index (χ1) is 10.2. The first-order valence-corrected chi connectivity index (χ1v) is 7.39. The molecule has 1 aromatic heterocycles. The molecule has 0 aliphatic heterocycles. The molecule has 110 valence electrons. The third-order valence-electron chi connectivity index (χ3n) is 4.25. The highest BCUT2D eigenvalue weighted by Crippen LogP contribution is 2.35. The summed E-state index contributed by atoms with van der Waals surface area (Å²) in [5.41, 5.74) is 1.34. The molecule has 1 aromatic carbocycles. The Bertz CT molecular complexity index is 646. The molecule has 0 amide bonds. The van der Waals surface area contributed by atoms with E-state index in [1.165, 1.54) is 6.42 Å². The van der Waals surface area contributed by atoms with Crippen molar-refractivity contribution in [1.82, 2.24) is 10.2 Å². The maximum Gasteiger partial charge on any atom is 0.305 e. The van der Waals surface area contributed by atoms with Crippen LogP contribution < -0.4 is 5.32 Å². The average Bonchev–Trinajstić information content (AvgIpc) is 2.48. The molecule has 5 heteroatoms. The molecule has 2 aromatic rings. The Morgan fingerprint density at radius 3 is 2.76 bits per heavy atom. The van der Waals surface area contributed by atoms with Crippen LogP contribution >= 0.6 is 0 Å². The Kier molecular flexibility index (Phi) is 3.73. The first kappa shape index (κ1) is 13.8. The zero-order valence-electron chi connectivity index (χ0n) is 11.9. The van der Waals surface area contributed by atoms with E-state index in [0.717, 1.165) is 42.3 Å². The van der Waals surface area contributed by atoms with E-state index in [4.69, 9.17) is 0 Å². The Morgan fingerprint density at radius 2 is 2.00 bits per heavy atom. The predicted octanol–water partition coefficient (Wildman–Crippen LogP) is 3.22. The molecule has 0 atom stereocenters. The summed E-state index contributed by atoms with van der Waals surface area (Å²) >= 11 is 0. The van der Waals surface area contributed by atoms with E-state index in [9.17, 15) is 9.90 Å². The van der Waals surface area contributed by atoms with Gasteiger partial charge in [-0.3, -0.25) is 4.79 Å². The van der Waals surface area contributed by atoms with Crippen LogP contribution in [0.25, 0.3) is 10.9 Å². The number of carboxylic acid groups (broad SMARTS) is 1. The smallest absolute Gasteiger partial charge is 0.305 e. The minimum Gasteiger partial charge on any atom is -0.481 e. The SMILES string of the molecule is O=C(O)CC1(Nc2cnnc3ccccc23)CCCCC1. The number of rotatable bonds is 4. The van der Waals surface area contributed by atoms with E-state index in [1.54, 1.807) is 6.20 Å². The Hall–Kier alpha value is -2.17. The zero-order valence-corrected chi connectivity index (χ0v) is 11.9. The largest absolute Gasteiger partial charge is 0.481 e. The van der Waals surface area contributed by atoms with Gasteiger partial charge in [-0.05, 0) is 18.9 Å². The van der Waals surface area contributed by atoms with Crippen LogP contribution in [0.1, 0.15) is 38.5 Å². The van der Waals surface area contributed by atoms with Gasteiger partial charge < -0.3 is 10.4 Å². The van der Waals surface area contributed by atoms with Crippen molar-refractivity contribution in [3.8, 4) is 0 Å². The Labute approximate surface area is 123 Å². The number of aliphatic carboxylic acids is 1. The van der Waals surface area contributed by atoms with Gasteiger partial charge >= 0.3 is 5.97 Å². The minimum atomic E-state index is -0.754. The number of hydrogen-bond acceptors (Lipinski definition) is 4. The number of anilines is 1. The molecular formula is C16H19N3O2. The molecule has 0 bridgehead atoms. The lowest BCUT2D eigenvalue weighted by atomic mass is 9.79. The molecule has 0 saturated heterocycles. The number of aromatic nitrogens is 2. The number of carboxylic acids is 1. The van der Waals surface area contributed by atoms with E-state index in [2.05, 4.69) is 15.5 Å². The van der Waals surface area contributed by atoms with Crippen molar-refractivity contribution in [1.29, 1.82) is 0 Å². The molecule has 2 N–H and O–H groups in total. The van der Waals surface area contributed by atoms with Crippen LogP contribution in [-0.2, 0) is 4.79 Å². The summed E-state index contributed by atoms with van der Waals surface area (Å²) in [4.78, 5) is 11.3. The molecule has 1 heterocycles. The number of benzene rings is 1. The lowest BCUT2D eigenvalue weighted by Gasteiger charge is -2.38. The van der Waals surface area contributed by atoms with Crippen molar-refractivity contribution in [2.75, 3.05) is 5.32 Å². The molecule has 1 aliphatic carbocycles. The summed E-state index contributed by atoms with van der Waals surface area (Å²) in [5, 5.41) is 21.9. The van der Waals surface area contributed by atoms with Crippen LogP contribution in [0.4, 0.5) is 5.69 Å². The second kappa shape index (κ2) is 5.68. The van der Waals surface area contributed by atoms with Gasteiger partial charge in [-0.15, -0.1) is 0 Å². The van der Waals surface area contributed by atoms with E-state index < -0.39 is 5.97 Å². The fourth-order valence-electron chi connectivity index (χ4n) is 3.26. The second-order valence-corrected chi connectivity index (χ2v) is 5.81. The Morgan fingerprint density at radius 1 is 1.24 bits per heavy atom. The summed E-state index contributed by atoms with van der Waals surface area (Å²) in [6.45, 7) is 0. The summed E-state index contributed by atoms with van der Waals surface area (Å²) in [6, 6.07) is 7.79. The van der Waals surface area contributed by atoms with Gasteiger partial charge in [0, 0.05) is 10.9 Å². The van der Waals surface area contributed by atoms with Gasteiger partial charge in [0.1, 0.15) is 0 Å². The van der Waals surface area contributed by atoms with Crippen LogP contribution in [0.5, 0.6) is 0 Å². The van der Waals surface area contributed by atoms with Gasteiger partial charge in [-0.2, -0.15) is 10.2 Å². The van der Waals surface area contributed by atoms with Crippen molar-refractivity contribution < 1.29 is 9.90 Å². The van der Waals surface area contributed by atoms with Crippen LogP contribution in [-0.4, -0.2) is 26.8 Å². The van der Waals surface area contributed by atoms with Gasteiger partial charge in [0.2, 0.25) is 0 Å². The van der Waals surface area contributed by atoms with Gasteiger partial charge in [0.15, 0.2) is 0 Å². The topological polar surface area (TPSA) is 75.1 Å². The lowest BCUT2D eigenvalue weighted by Crippen LogP contribution is -2.42. The second-order valence-electron chi connectivity index (χ2n) is 5.81. The van der Waals surface area contributed by atoms with Crippen molar-refractivity contribution in [2.24, 2.45) is 0 Å². The number of carbonyl (C=O) groups is 1. The molecule has 1 aliphatic rings. The van der Waals surface area contributed by atoms with Crippen molar-refractivity contribution in [3.63, 3.8) is 0 Å². The predicted molar refractivity (Wildman–Crippen MR) is 81.2 cm³/mol. The first-order valence-electron chi connectivity index (χ1n) is 7.39. The third-order valence-corrected chi connectivity index (χ3v) is 4.25. The normalized spacial score (nSPS) is 17.5. The molecule has 1 fully saturated rings. The van der Waals surface area contributed by atoms with Gasteiger partial charge in [-0.1, -0.05) is 37.5 Å². The molecular weight excluding hydrogens is 266 g/mol. The average molecular weight is 285 g/mol. The molecule has 0 unspecified atom stereocenters. The number of nitrogens with one attached hydrogen (secondary N) is 1. The number of hydrogen-bond donors (Lipinski definition) is 2. The summed E-state index contributed by atoms with van der Waals surface area (Å²) in [7, 11) is 0. The molecule has 0 radical (unpaired) electrons. The van der Waals surface area contributed by atoms with Crippen LogP contribution in [0.15, 0.2) is 30.5 Å². The fraction of sp³-hybridized carbons (Fsp3) is 0.438. The fourth-order valence-corrected chi connectivity index (χ4v) is 3.26. The lowest BCUT2D eigenvalue weighted by molar-refractivity contribution is -0.138. The van der Waals surface area contributed by atoms with Gasteiger partial charge in [0.25, 0.3) is 0 Å². The maximum absolute atomic E-state index is 11.3. The quantitative estimate of drug-likeness (QED) is 0.902. The van der Waals surface area contributed by atoms with E-state index in [1.807, 2.05) is 24.3 Å². The molecule has 5 nitrogen and oxygen atoms in total. The highest BCUT2D eigenvalue weighted by atomic mass is 16.4. The van der Waals surface area contributed by atoms with Crippen LogP contribution in [0.2, 0.25) is 0 Å². The monoisotopic (exact) mass is 285 g/mol. The highest BCUT2D eigenvalue weighted by Gasteiger charge is 2.34. The van der Waals surface area contributed by atoms with E-state index in [0.29, 0.717) is 0 Å². The standard InChI is InChI=1S/C16H19N3O2/c20-15(21)10-16(8-4-1-5-9-16)18-14-11-17-19-13-7-3-2-6-12(13)14/h2-3,6-7,11H,1,4-5,8-10H2,(H,18,19)(H,20,21). The minimum absolute atomic E-state index is 0.143. The van der Waals surface area contributed by atoms with Crippen molar-refractivity contribution in [3.05, 3.63) is 30.5 Å². The van der Waals surface area contributed by atoms with E-state index >= 15 is 0 Å². The molecule has 0 spiro atoms. The summed E-state index contributed by atoms with van der Waals surface area (Å²) < 4.78 is 0.